The van der Waals surface area contributed by atoms with Crippen LogP contribution in [0.1, 0.15) is 107 Å². The lowest BCUT2D eigenvalue weighted by atomic mass is 10.0. The number of amides is 1. The number of carbonyl (C=O) groups excluding carboxylic acids is 1. The van der Waals surface area contributed by atoms with Crippen LogP contribution in [-0.2, 0) is 0 Å². The van der Waals surface area contributed by atoms with E-state index < -0.39 is 11.6 Å². The Morgan fingerprint density at radius 2 is 1.22 bits per heavy atom. The SMILES string of the molecule is CCCCCCCCCCCCCCCCNC(=O)c1ccc(F)c(F)c1. The maximum Gasteiger partial charge on any atom is 0.251 e. The summed E-state index contributed by atoms with van der Waals surface area (Å²) in [7, 11) is 0. The van der Waals surface area contributed by atoms with Crippen molar-refractivity contribution in [3.8, 4) is 0 Å². The van der Waals surface area contributed by atoms with E-state index in [1.165, 1.54) is 83.1 Å². The summed E-state index contributed by atoms with van der Waals surface area (Å²) in [5.74, 6) is -2.26. The number of nitrogens with one attached hydrogen (secondary N) is 1. The molecular weight excluding hydrogens is 344 g/mol. The van der Waals surface area contributed by atoms with Gasteiger partial charge < -0.3 is 5.32 Å². The summed E-state index contributed by atoms with van der Waals surface area (Å²) in [5, 5.41) is 2.76. The Hall–Kier alpha value is -1.45. The molecule has 0 saturated heterocycles. The molecule has 4 heteroatoms. The minimum absolute atomic E-state index is 0.166. The fourth-order valence-electron chi connectivity index (χ4n) is 3.26. The summed E-state index contributed by atoms with van der Waals surface area (Å²) < 4.78 is 26.0. The molecule has 0 aliphatic carbocycles. The molecule has 154 valence electrons. The number of hydrogen-bond acceptors (Lipinski definition) is 1. The molecule has 1 N–H and O–H groups in total. The van der Waals surface area contributed by atoms with Gasteiger partial charge in [-0.25, -0.2) is 8.78 Å². The summed E-state index contributed by atoms with van der Waals surface area (Å²) in [4.78, 5) is 11.8. The van der Waals surface area contributed by atoms with Crippen LogP contribution in [0, 0.1) is 11.6 Å². The first kappa shape index (κ1) is 23.6. The second kappa shape index (κ2) is 15.6. The van der Waals surface area contributed by atoms with E-state index in [0.717, 1.165) is 25.0 Å². The smallest absolute Gasteiger partial charge is 0.251 e. The Kier molecular flexibility index (Phi) is 13.6. The molecule has 1 amide bonds. The first-order chi connectivity index (χ1) is 13.1. The Morgan fingerprint density at radius 3 is 1.70 bits per heavy atom. The molecule has 2 nitrogen and oxygen atoms in total. The molecule has 0 unspecified atom stereocenters. The Bertz CT molecular complexity index is 519. The molecule has 0 atom stereocenters. The third kappa shape index (κ3) is 11.8. The molecule has 0 aromatic heterocycles. The second-order valence-corrected chi connectivity index (χ2v) is 7.48. The zero-order valence-electron chi connectivity index (χ0n) is 17.0. The van der Waals surface area contributed by atoms with E-state index in [0.29, 0.717) is 6.54 Å². The Labute approximate surface area is 164 Å². The highest BCUT2D eigenvalue weighted by molar-refractivity contribution is 5.94. The number of rotatable bonds is 16. The van der Waals surface area contributed by atoms with Gasteiger partial charge in [-0.15, -0.1) is 0 Å². The van der Waals surface area contributed by atoms with Gasteiger partial charge in [0.1, 0.15) is 0 Å². The molecule has 1 aromatic carbocycles. The molecule has 1 aromatic rings. The predicted molar refractivity (Wildman–Crippen MR) is 109 cm³/mol. The van der Waals surface area contributed by atoms with Crippen LogP contribution in [0.3, 0.4) is 0 Å². The molecular formula is C23H37F2NO. The Morgan fingerprint density at radius 1 is 0.741 bits per heavy atom. The van der Waals surface area contributed by atoms with Gasteiger partial charge in [-0.1, -0.05) is 90.4 Å². The molecule has 0 aliphatic heterocycles. The largest absolute Gasteiger partial charge is 0.352 e. The topological polar surface area (TPSA) is 29.1 Å². The van der Waals surface area contributed by atoms with Gasteiger partial charge >= 0.3 is 0 Å². The summed E-state index contributed by atoms with van der Waals surface area (Å²) in [5.41, 5.74) is 0.166. The van der Waals surface area contributed by atoms with Crippen molar-refractivity contribution in [1.29, 1.82) is 0 Å². The van der Waals surface area contributed by atoms with Gasteiger partial charge in [0.05, 0.1) is 0 Å². The van der Waals surface area contributed by atoms with E-state index in [2.05, 4.69) is 12.2 Å². The third-order valence-corrected chi connectivity index (χ3v) is 5.00. The highest BCUT2D eigenvalue weighted by Gasteiger charge is 2.08. The standard InChI is InChI=1S/C23H37F2NO/c1-2-3-4-5-6-7-8-9-10-11-12-13-14-15-18-26-23(27)20-16-17-21(24)22(25)19-20/h16-17,19H,2-15,18H2,1H3,(H,26,27). The van der Waals surface area contributed by atoms with Gasteiger partial charge in [0.25, 0.3) is 5.91 Å². The van der Waals surface area contributed by atoms with Crippen LogP contribution < -0.4 is 5.32 Å². The summed E-state index contributed by atoms with van der Waals surface area (Å²) in [6, 6.07) is 3.23. The van der Waals surface area contributed by atoms with Crippen molar-refractivity contribution in [2.45, 2.75) is 96.8 Å². The van der Waals surface area contributed by atoms with Crippen molar-refractivity contribution in [2.24, 2.45) is 0 Å². The average Bonchev–Trinajstić information content (AvgIpc) is 2.66. The lowest BCUT2D eigenvalue weighted by Gasteiger charge is -2.06. The van der Waals surface area contributed by atoms with Crippen LogP contribution in [-0.4, -0.2) is 12.5 Å². The normalized spacial score (nSPS) is 10.9. The molecule has 0 spiro atoms. The van der Waals surface area contributed by atoms with Crippen molar-refractivity contribution < 1.29 is 13.6 Å². The van der Waals surface area contributed by atoms with Crippen LogP contribution in [0.4, 0.5) is 8.78 Å². The van der Waals surface area contributed by atoms with Gasteiger partial charge in [0.15, 0.2) is 11.6 Å². The van der Waals surface area contributed by atoms with Crippen LogP contribution >= 0.6 is 0 Å². The quantitative estimate of drug-likeness (QED) is 0.302. The third-order valence-electron chi connectivity index (χ3n) is 5.00. The monoisotopic (exact) mass is 381 g/mol. The van der Waals surface area contributed by atoms with Gasteiger partial charge in [-0.05, 0) is 24.6 Å². The number of halogens is 2. The van der Waals surface area contributed by atoms with E-state index in [9.17, 15) is 13.6 Å². The van der Waals surface area contributed by atoms with Crippen molar-refractivity contribution in [3.63, 3.8) is 0 Å². The van der Waals surface area contributed by atoms with Crippen LogP contribution in [0.25, 0.3) is 0 Å². The molecule has 0 fully saturated rings. The van der Waals surface area contributed by atoms with Gasteiger partial charge in [0.2, 0.25) is 0 Å². The minimum atomic E-state index is -0.987. The van der Waals surface area contributed by atoms with E-state index in [1.807, 2.05) is 0 Å². The Balaban J connectivity index is 1.87. The van der Waals surface area contributed by atoms with E-state index in [4.69, 9.17) is 0 Å². The highest BCUT2D eigenvalue weighted by atomic mass is 19.2. The highest BCUT2D eigenvalue weighted by Crippen LogP contribution is 2.13. The summed E-state index contributed by atoms with van der Waals surface area (Å²) in [6.45, 7) is 2.84. The van der Waals surface area contributed by atoms with E-state index in [-0.39, 0.29) is 11.5 Å². The number of unbranched alkanes of at least 4 members (excludes halogenated alkanes) is 13. The van der Waals surface area contributed by atoms with Crippen molar-refractivity contribution in [3.05, 3.63) is 35.4 Å². The second-order valence-electron chi connectivity index (χ2n) is 7.48. The summed E-state index contributed by atoms with van der Waals surface area (Å²) in [6.07, 6.45) is 18.1. The zero-order chi connectivity index (χ0) is 19.7. The minimum Gasteiger partial charge on any atom is -0.352 e. The van der Waals surface area contributed by atoms with Crippen molar-refractivity contribution in [1.82, 2.24) is 5.32 Å². The molecule has 0 saturated carbocycles. The fraction of sp³-hybridized carbons (Fsp3) is 0.696. The van der Waals surface area contributed by atoms with E-state index >= 15 is 0 Å². The summed E-state index contributed by atoms with van der Waals surface area (Å²) >= 11 is 0. The molecule has 0 heterocycles. The molecule has 27 heavy (non-hydrogen) atoms. The predicted octanol–water partition coefficient (Wildman–Crippen LogP) is 7.18. The first-order valence-electron chi connectivity index (χ1n) is 10.9. The maximum absolute atomic E-state index is 13.1. The molecule has 0 aliphatic rings. The molecule has 0 bridgehead atoms. The van der Waals surface area contributed by atoms with Crippen LogP contribution in [0.15, 0.2) is 18.2 Å². The van der Waals surface area contributed by atoms with Crippen molar-refractivity contribution >= 4 is 5.91 Å². The van der Waals surface area contributed by atoms with Crippen molar-refractivity contribution in [2.75, 3.05) is 6.54 Å². The molecule has 0 radical (unpaired) electrons. The van der Waals surface area contributed by atoms with Crippen LogP contribution in [0.2, 0.25) is 0 Å². The van der Waals surface area contributed by atoms with E-state index in [1.54, 1.807) is 0 Å². The number of benzene rings is 1. The average molecular weight is 382 g/mol. The molecule has 1 rings (SSSR count). The lowest BCUT2D eigenvalue weighted by molar-refractivity contribution is 0.0952. The zero-order valence-corrected chi connectivity index (χ0v) is 17.0. The van der Waals surface area contributed by atoms with Gasteiger partial charge in [-0.2, -0.15) is 0 Å². The van der Waals surface area contributed by atoms with Gasteiger partial charge in [-0.3, -0.25) is 4.79 Å². The number of hydrogen-bond donors (Lipinski definition) is 1. The maximum atomic E-state index is 13.1. The van der Waals surface area contributed by atoms with Gasteiger partial charge in [0, 0.05) is 12.1 Å². The lowest BCUT2D eigenvalue weighted by Crippen LogP contribution is -2.24. The van der Waals surface area contributed by atoms with Crippen LogP contribution in [0.5, 0.6) is 0 Å². The number of carbonyl (C=O) groups is 1. The first-order valence-corrected chi connectivity index (χ1v) is 10.9. The fourth-order valence-corrected chi connectivity index (χ4v) is 3.26.